The summed E-state index contributed by atoms with van der Waals surface area (Å²) in [7, 11) is 2.76. The zero-order valence-corrected chi connectivity index (χ0v) is 15.6. The number of hydrogen-bond donors (Lipinski definition) is 0. The van der Waals surface area contributed by atoms with Crippen LogP contribution in [0.4, 0.5) is 0 Å². The van der Waals surface area contributed by atoms with Crippen molar-refractivity contribution in [1.82, 2.24) is 15.0 Å². The molecular formula is C19H17CuN5O2. The number of hydrogen-bond acceptors (Lipinski definition) is 7. The molecule has 7 nitrogen and oxygen atoms in total. The second kappa shape index (κ2) is 11.5. The Morgan fingerprint density at radius 1 is 0.704 bits per heavy atom. The van der Waals surface area contributed by atoms with Gasteiger partial charge < -0.3 is 20.2 Å². The summed E-state index contributed by atoms with van der Waals surface area (Å²) in [5, 5.41) is 22.2. The molecule has 0 amide bonds. The Labute approximate surface area is 168 Å². The molecule has 3 aromatic heterocycles. The molecule has 0 aromatic carbocycles. The Morgan fingerprint density at radius 2 is 1.15 bits per heavy atom. The zero-order chi connectivity index (χ0) is 18.8. The van der Waals surface area contributed by atoms with Gasteiger partial charge in [-0.15, -0.1) is 0 Å². The SMILES string of the molecule is CN=C([O-])c1cccc(C([O-])=NC)n1.[Cu+2].c1ccc(-c2ccccn2)nc1. The van der Waals surface area contributed by atoms with Crippen LogP contribution in [-0.2, 0) is 17.1 Å². The summed E-state index contributed by atoms with van der Waals surface area (Å²) in [6, 6.07) is 16.2. The molecule has 3 rings (SSSR count). The minimum absolute atomic E-state index is 0. The van der Waals surface area contributed by atoms with Gasteiger partial charge in [0, 0.05) is 38.3 Å². The van der Waals surface area contributed by atoms with Crippen molar-refractivity contribution in [1.29, 1.82) is 0 Å². The van der Waals surface area contributed by atoms with Crippen molar-refractivity contribution >= 4 is 11.8 Å². The smallest absolute Gasteiger partial charge is 0.857 e. The fraction of sp³-hybridized carbons (Fsp3) is 0.105. The molecule has 0 saturated carbocycles. The number of aliphatic imine (C=N–C) groups is 2. The number of aromatic nitrogens is 3. The van der Waals surface area contributed by atoms with Crippen LogP contribution in [0, 0.1) is 0 Å². The molecule has 0 aliphatic heterocycles. The van der Waals surface area contributed by atoms with E-state index in [4.69, 9.17) is 0 Å². The normalized spacial score (nSPS) is 11.0. The van der Waals surface area contributed by atoms with Crippen LogP contribution >= 0.6 is 0 Å². The molecule has 0 fully saturated rings. The van der Waals surface area contributed by atoms with Crippen LogP contribution in [0.1, 0.15) is 11.4 Å². The second-order valence-electron chi connectivity index (χ2n) is 4.90. The topological polar surface area (TPSA) is 110 Å². The summed E-state index contributed by atoms with van der Waals surface area (Å²) >= 11 is 0. The average Bonchev–Trinajstić information content (AvgIpc) is 2.74. The Balaban J connectivity index is 0.000000262. The predicted molar refractivity (Wildman–Crippen MR) is 96.6 cm³/mol. The number of nitrogens with zero attached hydrogens (tertiary/aromatic N) is 5. The van der Waals surface area contributed by atoms with Crippen molar-refractivity contribution < 1.29 is 27.3 Å². The summed E-state index contributed by atoms with van der Waals surface area (Å²) in [5.74, 6) is -0.897. The molecule has 0 saturated heterocycles. The fourth-order valence-corrected chi connectivity index (χ4v) is 1.93. The zero-order valence-electron chi connectivity index (χ0n) is 14.7. The molecule has 0 N–H and O–H groups in total. The van der Waals surface area contributed by atoms with Gasteiger partial charge >= 0.3 is 17.1 Å². The molecule has 3 heterocycles. The van der Waals surface area contributed by atoms with Gasteiger partial charge in [0.05, 0.1) is 22.8 Å². The Bertz CT molecular complexity index is 816. The van der Waals surface area contributed by atoms with Crippen molar-refractivity contribution in [2.75, 3.05) is 14.1 Å². The van der Waals surface area contributed by atoms with Crippen LogP contribution < -0.4 is 10.2 Å². The van der Waals surface area contributed by atoms with E-state index in [1.807, 2.05) is 36.4 Å². The van der Waals surface area contributed by atoms with E-state index in [1.54, 1.807) is 18.5 Å². The molecule has 27 heavy (non-hydrogen) atoms. The first kappa shape index (κ1) is 22.0. The third-order valence-electron chi connectivity index (χ3n) is 3.19. The second-order valence-corrected chi connectivity index (χ2v) is 4.90. The predicted octanol–water partition coefficient (Wildman–Crippen LogP) is 0.696. The maximum absolute atomic E-state index is 11.1. The first-order valence-electron chi connectivity index (χ1n) is 7.73. The monoisotopic (exact) mass is 410 g/mol. The summed E-state index contributed by atoms with van der Waals surface area (Å²) in [6.45, 7) is 0. The van der Waals surface area contributed by atoms with Gasteiger partial charge in [0.2, 0.25) is 0 Å². The van der Waals surface area contributed by atoms with Crippen LogP contribution in [0.25, 0.3) is 11.4 Å². The number of pyridine rings is 3. The van der Waals surface area contributed by atoms with E-state index in [9.17, 15) is 10.2 Å². The average molecular weight is 411 g/mol. The summed E-state index contributed by atoms with van der Waals surface area (Å²) in [4.78, 5) is 19.1. The molecule has 141 valence electrons. The first-order chi connectivity index (χ1) is 12.7. The van der Waals surface area contributed by atoms with Gasteiger partial charge in [0.15, 0.2) is 0 Å². The molecule has 0 atom stereocenters. The third-order valence-corrected chi connectivity index (χ3v) is 3.19. The van der Waals surface area contributed by atoms with Gasteiger partial charge in [-0.3, -0.25) is 9.97 Å². The third kappa shape index (κ3) is 6.62. The van der Waals surface area contributed by atoms with E-state index >= 15 is 0 Å². The van der Waals surface area contributed by atoms with Crippen molar-refractivity contribution in [3.63, 3.8) is 0 Å². The van der Waals surface area contributed by atoms with Gasteiger partial charge in [-0.1, -0.05) is 18.2 Å². The molecule has 0 aliphatic carbocycles. The van der Waals surface area contributed by atoms with Gasteiger partial charge in [-0.05, 0) is 36.4 Å². The summed E-state index contributed by atoms with van der Waals surface area (Å²) in [5.41, 5.74) is 2.14. The molecule has 0 spiro atoms. The van der Waals surface area contributed by atoms with Crippen LogP contribution in [0.3, 0.4) is 0 Å². The molecule has 0 unspecified atom stereocenters. The minimum Gasteiger partial charge on any atom is -0.857 e. The Hall–Kier alpha value is -3.09. The number of rotatable bonds is 3. The Morgan fingerprint density at radius 3 is 1.48 bits per heavy atom. The van der Waals surface area contributed by atoms with Crippen molar-refractivity contribution in [3.05, 3.63) is 78.4 Å². The van der Waals surface area contributed by atoms with Gasteiger partial charge in [0.1, 0.15) is 0 Å². The Kier molecular flexibility index (Phi) is 9.36. The van der Waals surface area contributed by atoms with E-state index in [1.165, 1.54) is 26.2 Å². The standard InChI is InChI=1S/C10H8N2.C9H11N3O2.Cu/c1-3-7-11-9(5-1)10-6-2-4-8-12-10;1-10-8(13)6-4-3-5-7(12-6)9(14)11-2;/h1-8H;3-5H,1-2H3,(H,10,13)(H,11,14);/q;;+2/p-2. The van der Waals surface area contributed by atoms with Gasteiger partial charge in [-0.2, -0.15) is 0 Å². The molecule has 8 heteroatoms. The molecule has 0 bridgehead atoms. The maximum atomic E-state index is 11.1. The van der Waals surface area contributed by atoms with Crippen molar-refractivity contribution in [3.8, 4) is 11.4 Å². The largest absolute Gasteiger partial charge is 2.00 e. The van der Waals surface area contributed by atoms with Crippen molar-refractivity contribution in [2.24, 2.45) is 9.98 Å². The van der Waals surface area contributed by atoms with Gasteiger partial charge in [0.25, 0.3) is 0 Å². The first-order valence-corrected chi connectivity index (χ1v) is 7.73. The summed E-state index contributed by atoms with van der Waals surface area (Å²) in [6.07, 6.45) is 3.54. The minimum atomic E-state index is -0.448. The molecule has 1 radical (unpaired) electrons. The van der Waals surface area contributed by atoms with E-state index in [0.717, 1.165) is 11.4 Å². The van der Waals surface area contributed by atoms with Gasteiger partial charge in [-0.25, -0.2) is 4.98 Å². The maximum Gasteiger partial charge on any atom is 2.00 e. The summed E-state index contributed by atoms with van der Waals surface area (Å²) < 4.78 is 0. The van der Waals surface area contributed by atoms with Crippen molar-refractivity contribution in [2.45, 2.75) is 0 Å². The quantitative estimate of drug-likeness (QED) is 0.358. The fourth-order valence-electron chi connectivity index (χ4n) is 1.93. The van der Waals surface area contributed by atoms with Crippen LogP contribution in [-0.4, -0.2) is 40.8 Å². The molecule has 0 aliphatic rings. The molecule has 3 aromatic rings. The van der Waals surface area contributed by atoms with E-state index in [0.29, 0.717) is 0 Å². The van der Waals surface area contributed by atoms with Crippen LogP contribution in [0.5, 0.6) is 0 Å². The van der Waals surface area contributed by atoms with E-state index in [-0.39, 0.29) is 28.5 Å². The molecular weight excluding hydrogens is 394 g/mol. The van der Waals surface area contributed by atoms with Crippen LogP contribution in [0.15, 0.2) is 77.0 Å². The van der Waals surface area contributed by atoms with E-state index < -0.39 is 11.8 Å². The van der Waals surface area contributed by atoms with Crippen LogP contribution in [0.2, 0.25) is 0 Å². The van der Waals surface area contributed by atoms with E-state index in [2.05, 4.69) is 24.9 Å².